The van der Waals surface area contributed by atoms with E-state index < -0.39 is 0 Å². The van der Waals surface area contributed by atoms with Crippen molar-refractivity contribution in [3.8, 4) is 0 Å². The van der Waals surface area contributed by atoms with Crippen LogP contribution in [0.3, 0.4) is 0 Å². The van der Waals surface area contributed by atoms with Gasteiger partial charge in [0.25, 0.3) is 0 Å². The third-order valence-electron chi connectivity index (χ3n) is 4.43. The summed E-state index contributed by atoms with van der Waals surface area (Å²) in [7, 11) is 4.34. The van der Waals surface area contributed by atoms with Gasteiger partial charge in [-0.15, -0.1) is 0 Å². The van der Waals surface area contributed by atoms with Crippen LogP contribution in [0.4, 0.5) is 0 Å². The molecule has 4 aromatic rings. The molecule has 2 heterocycles. The van der Waals surface area contributed by atoms with Gasteiger partial charge in [0.05, 0.1) is 22.1 Å². The van der Waals surface area contributed by atoms with Crippen molar-refractivity contribution in [1.29, 1.82) is 0 Å². The van der Waals surface area contributed by atoms with E-state index in [1.165, 1.54) is 44.0 Å². The Kier molecular flexibility index (Phi) is 2.12. The van der Waals surface area contributed by atoms with Crippen LogP contribution in [0.2, 0.25) is 0 Å². The van der Waals surface area contributed by atoms with Crippen LogP contribution in [0.5, 0.6) is 0 Å². The largest absolute Gasteiger partial charge is 0.342 e. The molecule has 0 unspecified atom stereocenters. The van der Waals surface area contributed by atoms with Gasteiger partial charge in [0, 0.05) is 24.9 Å². The molecule has 100 valence electrons. The molecule has 0 saturated carbocycles. The zero-order valence-corrected chi connectivity index (χ0v) is 12.4. The summed E-state index contributed by atoms with van der Waals surface area (Å²) in [5.74, 6) is 0. The van der Waals surface area contributed by atoms with E-state index in [4.69, 9.17) is 0 Å². The van der Waals surface area contributed by atoms with E-state index in [2.05, 4.69) is 73.5 Å². The number of hydrogen-bond acceptors (Lipinski definition) is 0. The SMILES string of the molecule is Cc1ccc2c(c1)n(C)c1c3ccc(C)cc3n(C)c21. The molecule has 0 aliphatic heterocycles. The Morgan fingerprint density at radius 2 is 1.05 bits per heavy atom. The maximum atomic E-state index is 2.33. The lowest BCUT2D eigenvalue weighted by atomic mass is 10.1. The first-order valence-electron chi connectivity index (χ1n) is 7.01. The van der Waals surface area contributed by atoms with Crippen molar-refractivity contribution in [2.45, 2.75) is 13.8 Å². The highest BCUT2D eigenvalue weighted by molar-refractivity contribution is 6.18. The third-order valence-corrected chi connectivity index (χ3v) is 4.43. The van der Waals surface area contributed by atoms with Crippen LogP contribution in [0.15, 0.2) is 36.4 Å². The second-order valence-electron chi connectivity index (χ2n) is 5.86. The molecule has 0 spiro atoms. The van der Waals surface area contributed by atoms with Crippen LogP contribution in [0, 0.1) is 13.8 Å². The van der Waals surface area contributed by atoms with Crippen molar-refractivity contribution in [1.82, 2.24) is 9.13 Å². The summed E-state index contributed by atoms with van der Waals surface area (Å²) in [6, 6.07) is 13.4. The minimum atomic E-state index is 1.31. The van der Waals surface area contributed by atoms with Crippen molar-refractivity contribution in [2.75, 3.05) is 0 Å². The van der Waals surface area contributed by atoms with Gasteiger partial charge < -0.3 is 9.13 Å². The van der Waals surface area contributed by atoms with Crippen molar-refractivity contribution in [3.05, 3.63) is 47.5 Å². The van der Waals surface area contributed by atoms with Gasteiger partial charge in [-0.25, -0.2) is 0 Å². The molecule has 4 rings (SSSR count). The molecule has 0 saturated heterocycles. The molecule has 2 aromatic carbocycles. The van der Waals surface area contributed by atoms with E-state index >= 15 is 0 Å². The normalized spacial score (nSPS) is 12.0. The van der Waals surface area contributed by atoms with Crippen LogP contribution in [0.1, 0.15) is 11.1 Å². The maximum Gasteiger partial charge on any atom is 0.0751 e. The van der Waals surface area contributed by atoms with Gasteiger partial charge in [-0.1, -0.05) is 24.3 Å². The van der Waals surface area contributed by atoms with Gasteiger partial charge >= 0.3 is 0 Å². The maximum absolute atomic E-state index is 2.33. The number of nitrogens with zero attached hydrogens (tertiary/aromatic N) is 2. The minimum absolute atomic E-state index is 1.31. The summed E-state index contributed by atoms with van der Waals surface area (Å²) in [5.41, 5.74) is 7.92. The fourth-order valence-corrected chi connectivity index (χ4v) is 3.41. The average molecular weight is 262 g/mol. The van der Waals surface area contributed by atoms with E-state index in [1.54, 1.807) is 0 Å². The highest BCUT2D eigenvalue weighted by Crippen LogP contribution is 2.36. The molecular weight excluding hydrogens is 244 g/mol. The summed E-state index contributed by atoms with van der Waals surface area (Å²) in [4.78, 5) is 0. The molecule has 20 heavy (non-hydrogen) atoms. The average Bonchev–Trinajstić information content (AvgIpc) is 2.86. The van der Waals surface area contributed by atoms with Gasteiger partial charge in [0.1, 0.15) is 0 Å². The second kappa shape index (κ2) is 3.66. The van der Waals surface area contributed by atoms with Crippen LogP contribution < -0.4 is 0 Å². The van der Waals surface area contributed by atoms with Crippen molar-refractivity contribution >= 4 is 32.8 Å². The minimum Gasteiger partial charge on any atom is -0.342 e. The molecule has 2 heteroatoms. The number of aryl methyl sites for hydroxylation is 4. The van der Waals surface area contributed by atoms with Crippen LogP contribution in [-0.2, 0) is 14.1 Å². The predicted octanol–water partition coefficient (Wildman–Crippen LogP) is 4.44. The van der Waals surface area contributed by atoms with Gasteiger partial charge in [-0.05, 0) is 37.1 Å². The first-order chi connectivity index (χ1) is 9.58. The molecule has 0 aliphatic rings. The second-order valence-corrected chi connectivity index (χ2v) is 5.86. The summed E-state index contributed by atoms with van der Waals surface area (Å²) in [6.45, 7) is 4.30. The van der Waals surface area contributed by atoms with Gasteiger partial charge in [-0.3, -0.25) is 0 Å². The summed E-state index contributed by atoms with van der Waals surface area (Å²) in [5, 5.41) is 2.67. The topological polar surface area (TPSA) is 9.86 Å². The van der Waals surface area contributed by atoms with Gasteiger partial charge in [0.15, 0.2) is 0 Å². The first-order valence-corrected chi connectivity index (χ1v) is 7.01. The lowest BCUT2D eigenvalue weighted by Gasteiger charge is -2.02. The van der Waals surface area contributed by atoms with E-state index in [1.807, 2.05) is 0 Å². The van der Waals surface area contributed by atoms with E-state index in [9.17, 15) is 0 Å². The number of benzene rings is 2. The smallest absolute Gasteiger partial charge is 0.0751 e. The Hall–Kier alpha value is -2.22. The molecule has 0 amide bonds. The van der Waals surface area contributed by atoms with Gasteiger partial charge in [0.2, 0.25) is 0 Å². The van der Waals surface area contributed by atoms with E-state index in [-0.39, 0.29) is 0 Å². The number of aromatic nitrogens is 2. The molecule has 0 radical (unpaired) electrons. The number of hydrogen-bond donors (Lipinski definition) is 0. The lowest BCUT2D eigenvalue weighted by molar-refractivity contribution is 1.00. The standard InChI is InChI=1S/C18H18N2/c1-11-5-7-13-15(9-11)19(3)18-14-8-6-12(2)10-16(14)20(4)17(13)18/h5-10H,1-4H3. The Morgan fingerprint density at radius 1 is 0.650 bits per heavy atom. The first kappa shape index (κ1) is 11.6. The lowest BCUT2D eigenvalue weighted by Crippen LogP contribution is -1.88. The fraction of sp³-hybridized carbons (Fsp3) is 0.222. The van der Waals surface area contributed by atoms with Crippen LogP contribution >= 0.6 is 0 Å². The van der Waals surface area contributed by atoms with Crippen LogP contribution in [-0.4, -0.2) is 9.13 Å². The Morgan fingerprint density at radius 3 is 1.45 bits per heavy atom. The molecular formula is C18H18N2. The molecule has 0 aliphatic carbocycles. The third kappa shape index (κ3) is 1.29. The monoisotopic (exact) mass is 262 g/mol. The van der Waals surface area contributed by atoms with Crippen molar-refractivity contribution in [2.24, 2.45) is 14.1 Å². The summed E-state index contributed by atoms with van der Waals surface area (Å²) < 4.78 is 4.66. The summed E-state index contributed by atoms with van der Waals surface area (Å²) in [6.07, 6.45) is 0. The van der Waals surface area contributed by atoms with E-state index in [0.29, 0.717) is 0 Å². The van der Waals surface area contributed by atoms with E-state index in [0.717, 1.165) is 0 Å². The Bertz CT molecular complexity index is 902. The molecule has 0 bridgehead atoms. The predicted molar refractivity (Wildman–Crippen MR) is 86.4 cm³/mol. The Labute approximate surface area is 118 Å². The highest BCUT2D eigenvalue weighted by atomic mass is 15.0. The van der Waals surface area contributed by atoms with Crippen molar-refractivity contribution < 1.29 is 0 Å². The summed E-state index contributed by atoms with van der Waals surface area (Å²) >= 11 is 0. The molecule has 2 nitrogen and oxygen atoms in total. The molecule has 0 N–H and O–H groups in total. The number of fused-ring (bicyclic) bond motifs is 5. The zero-order chi connectivity index (χ0) is 14.0. The zero-order valence-electron chi connectivity index (χ0n) is 12.4. The number of rotatable bonds is 0. The Balaban J connectivity index is 2.35. The molecule has 0 atom stereocenters. The highest BCUT2D eigenvalue weighted by Gasteiger charge is 2.16. The molecule has 2 aromatic heterocycles. The quantitative estimate of drug-likeness (QED) is 0.443. The molecule has 0 fully saturated rings. The van der Waals surface area contributed by atoms with Crippen LogP contribution in [0.25, 0.3) is 32.8 Å². The fourth-order valence-electron chi connectivity index (χ4n) is 3.41. The van der Waals surface area contributed by atoms with Gasteiger partial charge in [-0.2, -0.15) is 0 Å². The van der Waals surface area contributed by atoms with Crippen molar-refractivity contribution in [3.63, 3.8) is 0 Å².